The van der Waals surface area contributed by atoms with Crippen LogP contribution in [-0.2, 0) is 9.53 Å². The Kier molecular flexibility index (Phi) is 3.40. The summed E-state index contributed by atoms with van der Waals surface area (Å²) in [5, 5.41) is 0. The Morgan fingerprint density at radius 3 is 2.63 bits per heavy atom. The lowest BCUT2D eigenvalue weighted by Crippen LogP contribution is -2.19. The summed E-state index contributed by atoms with van der Waals surface area (Å²) >= 11 is 1.71. The van der Waals surface area contributed by atoms with Gasteiger partial charge in [0.05, 0.1) is 0 Å². The van der Waals surface area contributed by atoms with Gasteiger partial charge in [0, 0.05) is 29.2 Å². The van der Waals surface area contributed by atoms with Gasteiger partial charge in [-0.05, 0) is 18.1 Å². The van der Waals surface area contributed by atoms with Crippen LogP contribution in [0.1, 0.15) is 26.7 Å². The van der Waals surface area contributed by atoms with Gasteiger partial charge in [-0.1, -0.05) is 43.8 Å². The molecule has 3 rings (SSSR count). The van der Waals surface area contributed by atoms with E-state index < -0.39 is 0 Å². The van der Waals surface area contributed by atoms with Crippen LogP contribution >= 0.6 is 11.8 Å². The van der Waals surface area contributed by atoms with Crippen LogP contribution in [0.15, 0.2) is 46.6 Å². The van der Waals surface area contributed by atoms with Crippen LogP contribution in [-0.4, -0.2) is 11.2 Å². The van der Waals surface area contributed by atoms with Crippen LogP contribution in [0.2, 0.25) is 0 Å². The number of benzene rings is 1. The highest BCUT2D eigenvalue weighted by molar-refractivity contribution is 7.99. The number of rotatable bonds is 2. The number of ether oxygens (including phenoxy) is 1. The second-order valence-electron chi connectivity index (χ2n) is 5.48. The molecular formula is C16H18O2S. The number of allylic oxidation sites excluding steroid dienone is 1. The van der Waals surface area contributed by atoms with Gasteiger partial charge in [0.1, 0.15) is 5.76 Å². The number of ketones is 1. The van der Waals surface area contributed by atoms with Crippen LogP contribution in [0.25, 0.3) is 0 Å². The lowest BCUT2D eigenvalue weighted by molar-refractivity contribution is -0.117. The number of Topliss-reactive ketones (excluding diaryl/α,β-unsaturated/α-hetero) is 1. The fourth-order valence-corrected chi connectivity index (χ4v) is 3.92. The number of hydrogen-bond donors (Lipinski definition) is 0. The molecule has 2 nitrogen and oxygen atoms in total. The first-order valence-electron chi connectivity index (χ1n) is 6.79. The molecule has 1 aromatic rings. The molecule has 2 aliphatic rings. The highest BCUT2D eigenvalue weighted by Crippen LogP contribution is 2.45. The maximum absolute atomic E-state index is 12.1. The van der Waals surface area contributed by atoms with Crippen LogP contribution in [0.5, 0.6) is 0 Å². The third kappa shape index (κ3) is 2.44. The van der Waals surface area contributed by atoms with Gasteiger partial charge in [-0.2, -0.15) is 0 Å². The van der Waals surface area contributed by atoms with Crippen molar-refractivity contribution in [3.63, 3.8) is 0 Å². The van der Waals surface area contributed by atoms with Crippen molar-refractivity contribution in [2.24, 2.45) is 11.8 Å². The zero-order valence-corrected chi connectivity index (χ0v) is 12.1. The predicted molar refractivity (Wildman–Crippen MR) is 76.8 cm³/mol. The fraction of sp³-hybridized carbons (Fsp3) is 0.438. The van der Waals surface area contributed by atoms with Crippen molar-refractivity contribution in [3.05, 3.63) is 41.7 Å². The predicted octanol–water partition coefficient (Wildman–Crippen LogP) is 4.02. The molecule has 0 spiro atoms. The zero-order chi connectivity index (χ0) is 13.4. The Morgan fingerprint density at radius 2 is 1.89 bits per heavy atom. The van der Waals surface area contributed by atoms with E-state index in [2.05, 4.69) is 26.0 Å². The van der Waals surface area contributed by atoms with Crippen LogP contribution < -0.4 is 0 Å². The molecule has 1 aliphatic carbocycles. The van der Waals surface area contributed by atoms with Gasteiger partial charge in [0.2, 0.25) is 0 Å². The molecule has 19 heavy (non-hydrogen) atoms. The van der Waals surface area contributed by atoms with Gasteiger partial charge in [-0.15, -0.1) is 0 Å². The molecular weight excluding hydrogens is 256 g/mol. The molecule has 1 aromatic carbocycles. The summed E-state index contributed by atoms with van der Waals surface area (Å²) in [7, 11) is 0. The van der Waals surface area contributed by atoms with Crippen LogP contribution in [0.4, 0.5) is 0 Å². The van der Waals surface area contributed by atoms with Crippen molar-refractivity contribution in [2.75, 3.05) is 0 Å². The van der Waals surface area contributed by atoms with E-state index in [0.29, 0.717) is 12.3 Å². The molecule has 0 saturated heterocycles. The smallest absolute Gasteiger partial charge is 0.162 e. The standard InChI is InChI=1S/C16H18O2S/c1-10-8-13(17)15-11(2)16(18-14(15)9-10)19-12-6-4-3-5-7-12/h3-7,10-11,16H,8-9H2,1-2H3/t10?,11-,16-/m1/s1. The number of hydrogen-bond acceptors (Lipinski definition) is 3. The van der Waals surface area contributed by atoms with E-state index in [1.807, 2.05) is 18.2 Å². The second-order valence-corrected chi connectivity index (χ2v) is 6.65. The lowest BCUT2D eigenvalue weighted by atomic mass is 9.85. The lowest BCUT2D eigenvalue weighted by Gasteiger charge is -2.18. The number of carbonyl (C=O) groups is 1. The molecule has 0 bridgehead atoms. The van der Waals surface area contributed by atoms with E-state index in [1.165, 1.54) is 4.90 Å². The minimum Gasteiger partial charge on any atom is -0.483 e. The number of thioether (sulfide) groups is 1. The highest BCUT2D eigenvalue weighted by Gasteiger charge is 2.40. The van der Waals surface area contributed by atoms with Gasteiger partial charge >= 0.3 is 0 Å². The first-order chi connectivity index (χ1) is 9.15. The normalized spacial score (nSPS) is 30.2. The SMILES string of the molecule is CC1CC(=O)C2=C(C1)O[C@H](Sc1ccccc1)[C@@H]2C. The fourth-order valence-electron chi connectivity index (χ4n) is 2.84. The molecule has 100 valence electrons. The Labute approximate surface area is 118 Å². The summed E-state index contributed by atoms with van der Waals surface area (Å²) in [6.45, 7) is 4.23. The van der Waals surface area contributed by atoms with Crippen molar-refractivity contribution >= 4 is 17.5 Å². The van der Waals surface area contributed by atoms with E-state index in [4.69, 9.17) is 4.74 Å². The summed E-state index contributed by atoms with van der Waals surface area (Å²) in [5.74, 6) is 1.85. The Morgan fingerprint density at radius 1 is 1.16 bits per heavy atom. The first-order valence-corrected chi connectivity index (χ1v) is 7.67. The van der Waals surface area contributed by atoms with Gasteiger partial charge in [-0.3, -0.25) is 4.79 Å². The molecule has 0 saturated carbocycles. The highest BCUT2D eigenvalue weighted by atomic mass is 32.2. The molecule has 0 fully saturated rings. The van der Waals surface area contributed by atoms with Crippen molar-refractivity contribution in [1.82, 2.24) is 0 Å². The Bertz CT molecular complexity index is 521. The largest absolute Gasteiger partial charge is 0.483 e. The van der Waals surface area contributed by atoms with Gasteiger partial charge < -0.3 is 4.74 Å². The quantitative estimate of drug-likeness (QED) is 0.814. The molecule has 1 heterocycles. The van der Waals surface area contributed by atoms with Crippen molar-refractivity contribution in [3.8, 4) is 0 Å². The van der Waals surface area contributed by atoms with Gasteiger partial charge in [-0.25, -0.2) is 0 Å². The van der Waals surface area contributed by atoms with Crippen molar-refractivity contribution < 1.29 is 9.53 Å². The topological polar surface area (TPSA) is 26.3 Å². The van der Waals surface area contributed by atoms with E-state index in [-0.39, 0.29) is 17.1 Å². The number of carbonyl (C=O) groups excluding carboxylic acids is 1. The minimum atomic E-state index is 0.0432. The van der Waals surface area contributed by atoms with Crippen molar-refractivity contribution in [1.29, 1.82) is 0 Å². The maximum Gasteiger partial charge on any atom is 0.162 e. The van der Waals surface area contributed by atoms with Gasteiger partial charge in [0.15, 0.2) is 11.2 Å². The molecule has 0 aromatic heterocycles. The summed E-state index contributed by atoms with van der Waals surface area (Å²) in [4.78, 5) is 13.3. The average Bonchev–Trinajstić information content (AvgIpc) is 2.67. The molecule has 0 N–H and O–H groups in total. The average molecular weight is 274 g/mol. The third-order valence-corrected chi connectivity index (χ3v) is 5.07. The summed E-state index contributed by atoms with van der Waals surface area (Å²) in [6.07, 6.45) is 1.59. The summed E-state index contributed by atoms with van der Waals surface area (Å²) in [5.41, 5.74) is 0.994. The van der Waals surface area contributed by atoms with E-state index in [1.54, 1.807) is 11.8 Å². The monoisotopic (exact) mass is 274 g/mol. The molecule has 0 radical (unpaired) electrons. The minimum absolute atomic E-state index is 0.0432. The summed E-state index contributed by atoms with van der Waals surface area (Å²) < 4.78 is 6.04. The van der Waals surface area contributed by atoms with E-state index in [0.717, 1.165) is 17.8 Å². The third-order valence-electron chi connectivity index (χ3n) is 3.79. The maximum atomic E-state index is 12.1. The molecule has 3 atom stereocenters. The molecule has 3 heteroatoms. The van der Waals surface area contributed by atoms with E-state index in [9.17, 15) is 4.79 Å². The zero-order valence-electron chi connectivity index (χ0n) is 11.3. The van der Waals surface area contributed by atoms with E-state index >= 15 is 0 Å². The Balaban J connectivity index is 1.77. The van der Waals surface area contributed by atoms with Gasteiger partial charge in [0.25, 0.3) is 0 Å². The Hall–Kier alpha value is -1.22. The van der Waals surface area contributed by atoms with Crippen LogP contribution in [0.3, 0.4) is 0 Å². The first kappa shape index (κ1) is 12.8. The molecule has 0 amide bonds. The molecule has 1 aliphatic heterocycles. The summed E-state index contributed by atoms with van der Waals surface area (Å²) in [6, 6.07) is 10.2. The second kappa shape index (κ2) is 5.04. The van der Waals surface area contributed by atoms with Crippen molar-refractivity contribution in [2.45, 2.75) is 37.0 Å². The molecule has 1 unspecified atom stereocenters. The van der Waals surface area contributed by atoms with Crippen LogP contribution in [0, 0.1) is 11.8 Å².